The number of H-pyrrole nitrogens is 1. The number of aromatic amines is 1. The summed E-state index contributed by atoms with van der Waals surface area (Å²) in [6, 6.07) is 12.2. The number of hydrogen-bond donors (Lipinski definition) is 1. The third-order valence-corrected chi connectivity index (χ3v) is 6.99. The fourth-order valence-corrected chi connectivity index (χ4v) is 5.31. The summed E-state index contributed by atoms with van der Waals surface area (Å²) in [6.07, 6.45) is 5.11. The number of piperidine rings is 1. The van der Waals surface area contributed by atoms with E-state index in [1.165, 1.54) is 17.2 Å². The van der Waals surface area contributed by atoms with Crippen molar-refractivity contribution in [2.75, 3.05) is 19.6 Å². The number of hydrogen-bond acceptors (Lipinski definition) is 2. The lowest BCUT2D eigenvalue weighted by atomic mass is 9.89. The highest BCUT2D eigenvalue weighted by Crippen LogP contribution is 2.34. The molecule has 0 saturated carbocycles. The normalized spacial score (nSPS) is 15.8. The van der Waals surface area contributed by atoms with Crippen LogP contribution in [0.5, 0.6) is 0 Å². The summed E-state index contributed by atoms with van der Waals surface area (Å²) < 4.78 is 27.5. The van der Waals surface area contributed by atoms with Crippen molar-refractivity contribution in [3.63, 3.8) is 0 Å². The molecule has 0 spiro atoms. The van der Waals surface area contributed by atoms with Crippen LogP contribution in [0.2, 0.25) is 0 Å². The molecule has 2 aromatic heterocycles. The zero-order valence-electron chi connectivity index (χ0n) is 16.7. The molecular formula is C25H24F2N2S. The van der Waals surface area contributed by atoms with Crippen LogP contribution in [0, 0.1) is 11.6 Å². The Bertz CT molecular complexity index is 1140. The Hall–Kier alpha value is -2.50. The van der Waals surface area contributed by atoms with E-state index in [1.54, 1.807) is 29.5 Å². The molecule has 0 aliphatic carbocycles. The number of halogens is 2. The standard InChI is InChI=1S/C25H24F2N2S/c26-20-2-1-17(22(13-20)19-8-12-30-16-19)5-9-29-10-6-18(7-11-29)24-15-28-25-4-3-21(27)14-23(24)25/h1-4,8,12-16,18,28H,5-7,9-11H2. The minimum Gasteiger partial charge on any atom is -0.361 e. The lowest BCUT2D eigenvalue weighted by Crippen LogP contribution is -2.34. The zero-order chi connectivity index (χ0) is 20.5. The van der Waals surface area contributed by atoms with E-state index in [-0.39, 0.29) is 11.6 Å². The number of nitrogens with one attached hydrogen (secondary N) is 1. The minimum absolute atomic E-state index is 0.179. The van der Waals surface area contributed by atoms with Gasteiger partial charge in [0.1, 0.15) is 11.6 Å². The lowest BCUT2D eigenvalue weighted by Gasteiger charge is -2.32. The Morgan fingerprint density at radius 3 is 2.60 bits per heavy atom. The molecule has 5 heteroatoms. The molecule has 1 saturated heterocycles. The van der Waals surface area contributed by atoms with Gasteiger partial charge in [-0.25, -0.2) is 8.78 Å². The molecule has 1 N–H and O–H groups in total. The summed E-state index contributed by atoms with van der Waals surface area (Å²) >= 11 is 1.64. The third-order valence-electron chi connectivity index (χ3n) is 6.30. The van der Waals surface area contributed by atoms with Gasteiger partial charge in [0.05, 0.1) is 0 Å². The van der Waals surface area contributed by atoms with E-state index in [0.717, 1.165) is 60.9 Å². The number of benzene rings is 2. The molecule has 4 aromatic rings. The maximum absolute atomic E-state index is 13.8. The Morgan fingerprint density at radius 1 is 1.00 bits per heavy atom. The molecule has 2 aromatic carbocycles. The van der Waals surface area contributed by atoms with Crippen LogP contribution in [0.15, 0.2) is 59.4 Å². The summed E-state index contributed by atoms with van der Waals surface area (Å²) in [5.41, 5.74) is 5.55. The van der Waals surface area contributed by atoms with Crippen LogP contribution < -0.4 is 0 Å². The number of fused-ring (bicyclic) bond motifs is 1. The average molecular weight is 423 g/mol. The van der Waals surface area contributed by atoms with Crippen molar-refractivity contribution in [3.05, 3.63) is 82.2 Å². The van der Waals surface area contributed by atoms with Gasteiger partial charge in [-0.3, -0.25) is 0 Å². The van der Waals surface area contributed by atoms with Gasteiger partial charge in [0.15, 0.2) is 0 Å². The first kappa shape index (κ1) is 19.5. The Kier molecular flexibility index (Phi) is 5.40. The molecule has 0 amide bonds. The second-order valence-corrected chi connectivity index (χ2v) is 8.89. The first-order valence-electron chi connectivity index (χ1n) is 10.5. The third kappa shape index (κ3) is 3.92. The Labute approximate surface area is 179 Å². The fourth-order valence-electron chi connectivity index (χ4n) is 4.65. The van der Waals surface area contributed by atoms with E-state index in [4.69, 9.17) is 0 Å². The Balaban J connectivity index is 1.24. The molecule has 1 aliphatic heterocycles. The fraction of sp³-hybridized carbons (Fsp3) is 0.280. The zero-order valence-corrected chi connectivity index (χ0v) is 17.5. The monoisotopic (exact) mass is 422 g/mol. The molecule has 1 aliphatic rings. The van der Waals surface area contributed by atoms with Gasteiger partial charge in [0, 0.05) is 23.6 Å². The molecule has 0 atom stereocenters. The number of likely N-dealkylation sites (tertiary alicyclic amines) is 1. The average Bonchev–Trinajstić information content (AvgIpc) is 3.43. The van der Waals surface area contributed by atoms with E-state index in [9.17, 15) is 8.78 Å². The van der Waals surface area contributed by atoms with Gasteiger partial charge in [0.25, 0.3) is 0 Å². The number of thiophene rings is 1. The van der Waals surface area contributed by atoms with Gasteiger partial charge in [-0.2, -0.15) is 11.3 Å². The van der Waals surface area contributed by atoms with E-state index in [2.05, 4.69) is 27.5 Å². The second-order valence-electron chi connectivity index (χ2n) is 8.11. The van der Waals surface area contributed by atoms with Crippen LogP contribution in [-0.2, 0) is 6.42 Å². The highest BCUT2D eigenvalue weighted by molar-refractivity contribution is 7.08. The molecule has 30 heavy (non-hydrogen) atoms. The number of aromatic nitrogens is 1. The lowest BCUT2D eigenvalue weighted by molar-refractivity contribution is 0.215. The molecule has 154 valence electrons. The summed E-state index contributed by atoms with van der Waals surface area (Å²) in [5, 5.41) is 5.12. The van der Waals surface area contributed by atoms with Crippen molar-refractivity contribution in [2.24, 2.45) is 0 Å². The summed E-state index contributed by atoms with van der Waals surface area (Å²) in [6.45, 7) is 3.03. The molecule has 0 radical (unpaired) electrons. The maximum Gasteiger partial charge on any atom is 0.123 e. The van der Waals surface area contributed by atoms with Crippen molar-refractivity contribution >= 4 is 22.2 Å². The van der Waals surface area contributed by atoms with Gasteiger partial charge in [-0.15, -0.1) is 0 Å². The SMILES string of the molecule is Fc1ccc(CCN2CCC(c3c[nH]c4ccc(F)cc34)CC2)c(-c2ccsc2)c1. The second kappa shape index (κ2) is 8.32. The predicted octanol–water partition coefficient (Wildman–Crippen LogP) is 6.60. The predicted molar refractivity (Wildman–Crippen MR) is 120 cm³/mol. The smallest absolute Gasteiger partial charge is 0.123 e. The van der Waals surface area contributed by atoms with E-state index in [1.807, 2.05) is 17.5 Å². The molecule has 3 heterocycles. The van der Waals surface area contributed by atoms with Crippen LogP contribution in [0.3, 0.4) is 0 Å². The van der Waals surface area contributed by atoms with Crippen LogP contribution >= 0.6 is 11.3 Å². The molecule has 0 unspecified atom stereocenters. The van der Waals surface area contributed by atoms with E-state index in [0.29, 0.717) is 5.92 Å². The van der Waals surface area contributed by atoms with Crippen molar-refractivity contribution in [2.45, 2.75) is 25.2 Å². The van der Waals surface area contributed by atoms with Gasteiger partial charge in [0.2, 0.25) is 0 Å². The van der Waals surface area contributed by atoms with Crippen LogP contribution in [0.25, 0.3) is 22.0 Å². The van der Waals surface area contributed by atoms with Crippen LogP contribution in [0.1, 0.15) is 29.9 Å². The molecular weight excluding hydrogens is 398 g/mol. The largest absolute Gasteiger partial charge is 0.361 e. The summed E-state index contributed by atoms with van der Waals surface area (Å²) in [5.74, 6) is 0.0985. The van der Waals surface area contributed by atoms with Crippen LogP contribution in [0.4, 0.5) is 8.78 Å². The number of rotatable bonds is 5. The van der Waals surface area contributed by atoms with E-state index >= 15 is 0 Å². The number of nitrogens with zero attached hydrogens (tertiary/aromatic N) is 1. The van der Waals surface area contributed by atoms with Crippen molar-refractivity contribution in [1.29, 1.82) is 0 Å². The molecule has 1 fully saturated rings. The van der Waals surface area contributed by atoms with Crippen molar-refractivity contribution in [1.82, 2.24) is 9.88 Å². The molecule has 2 nitrogen and oxygen atoms in total. The quantitative estimate of drug-likeness (QED) is 0.384. The van der Waals surface area contributed by atoms with Crippen molar-refractivity contribution < 1.29 is 8.78 Å². The highest BCUT2D eigenvalue weighted by atomic mass is 32.1. The topological polar surface area (TPSA) is 19.0 Å². The van der Waals surface area contributed by atoms with Gasteiger partial charge < -0.3 is 9.88 Å². The first-order valence-corrected chi connectivity index (χ1v) is 11.4. The Morgan fingerprint density at radius 2 is 1.80 bits per heavy atom. The molecule has 5 rings (SSSR count). The van der Waals surface area contributed by atoms with Gasteiger partial charge in [-0.1, -0.05) is 6.07 Å². The summed E-state index contributed by atoms with van der Waals surface area (Å²) in [4.78, 5) is 5.78. The minimum atomic E-state index is -0.184. The maximum atomic E-state index is 13.8. The van der Waals surface area contributed by atoms with Crippen molar-refractivity contribution in [3.8, 4) is 11.1 Å². The van der Waals surface area contributed by atoms with E-state index < -0.39 is 0 Å². The summed E-state index contributed by atoms with van der Waals surface area (Å²) in [7, 11) is 0. The molecule has 0 bridgehead atoms. The van der Waals surface area contributed by atoms with Crippen LogP contribution in [-0.4, -0.2) is 29.5 Å². The highest BCUT2D eigenvalue weighted by Gasteiger charge is 2.23. The van der Waals surface area contributed by atoms with Gasteiger partial charge >= 0.3 is 0 Å². The van der Waals surface area contributed by atoms with Gasteiger partial charge in [-0.05, 0) is 108 Å². The first-order chi connectivity index (χ1) is 14.7.